The predicted molar refractivity (Wildman–Crippen MR) is 92.3 cm³/mol. The highest BCUT2D eigenvalue weighted by Crippen LogP contribution is 2.23. The lowest BCUT2D eigenvalue weighted by atomic mass is 10.2. The smallest absolute Gasteiger partial charge is 0.221 e. The highest BCUT2D eigenvalue weighted by molar-refractivity contribution is 5.89. The molecule has 0 spiro atoms. The van der Waals surface area contributed by atoms with Crippen molar-refractivity contribution in [1.82, 2.24) is 19.6 Å². The topological polar surface area (TPSA) is 84.2 Å². The first-order valence-electron chi connectivity index (χ1n) is 7.44. The Labute approximate surface area is 137 Å². The van der Waals surface area contributed by atoms with E-state index in [-0.39, 0.29) is 5.91 Å². The van der Waals surface area contributed by atoms with Gasteiger partial charge in [-0.1, -0.05) is 12.1 Å². The Morgan fingerprint density at radius 2 is 1.79 bits per heavy atom. The second-order valence-corrected chi connectivity index (χ2v) is 5.36. The van der Waals surface area contributed by atoms with Crippen molar-refractivity contribution in [2.24, 2.45) is 0 Å². The summed E-state index contributed by atoms with van der Waals surface area (Å²) in [4.78, 5) is 15.7. The predicted octanol–water partition coefficient (Wildman–Crippen LogP) is 2.98. The largest absolute Gasteiger partial charge is 0.337 e. The van der Waals surface area contributed by atoms with Gasteiger partial charge >= 0.3 is 0 Å². The molecule has 4 rings (SSSR count). The summed E-state index contributed by atoms with van der Waals surface area (Å²) in [5, 5.41) is 14.1. The van der Waals surface area contributed by atoms with Crippen LogP contribution in [0.15, 0.2) is 54.9 Å². The second-order valence-electron chi connectivity index (χ2n) is 5.36. The molecule has 0 saturated carbocycles. The van der Waals surface area contributed by atoms with Crippen LogP contribution in [0, 0.1) is 0 Å². The summed E-state index contributed by atoms with van der Waals surface area (Å²) in [5.74, 6) is 0.524. The molecule has 0 radical (unpaired) electrons. The first-order valence-corrected chi connectivity index (χ1v) is 7.44. The van der Waals surface area contributed by atoms with E-state index in [2.05, 4.69) is 25.8 Å². The van der Waals surface area contributed by atoms with Crippen LogP contribution < -0.4 is 10.6 Å². The number of nitrogens with zero attached hydrogens (tertiary/aromatic N) is 4. The van der Waals surface area contributed by atoms with Crippen LogP contribution in [0.1, 0.15) is 6.92 Å². The molecule has 4 aromatic rings. The van der Waals surface area contributed by atoms with Gasteiger partial charge in [-0.3, -0.25) is 9.20 Å². The molecule has 7 nitrogen and oxygen atoms in total. The number of nitrogens with one attached hydrogen (secondary N) is 2. The highest BCUT2D eigenvalue weighted by Gasteiger charge is 2.10. The van der Waals surface area contributed by atoms with Crippen molar-refractivity contribution in [3.8, 4) is 0 Å². The number of anilines is 3. The summed E-state index contributed by atoms with van der Waals surface area (Å²) in [7, 11) is 0. The number of aromatic nitrogens is 4. The van der Waals surface area contributed by atoms with E-state index in [1.165, 1.54) is 6.92 Å². The Morgan fingerprint density at radius 3 is 2.58 bits per heavy atom. The highest BCUT2D eigenvalue weighted by atomic mass is 16.1. The van der Waals surface area contributed by atoms with Gasteiger partial charge in [0, 0.05) is 18.3 Å². The number of rotatable bonds is 3. The number of benzene rings is 2. The fourth-order valence-electron chi connectivity index (χ4n) is 2.57. The number of amides is 1. The molecule has 24 heavy (non-hydrogen) atoms. The van der Waals surface area contributed by atoms with E-state index in [0.717, 1.165) is 22.4 Å². The van der Waals surface area contributed by atoms with E-state index < -0.39 is 0 Å². The van der Waals surface area contributed by atoms with Crippen LogP contribution in [-0.4, -0.2) is 25.5 Å². The van der Waals surface area contributed by atoms with Crippen LogP contribution in [0.3, 0.4) is 0 Å². The summed E-state index contributed by atoms with van der Waals surface area (Å²) in [5.41, 5.74) is 4.04. The van der Waals surface area contributed by atoms with E-state index in [9.17, 15) is 4.79 Å². The molecular formula is C17H14N6O. The van der Waals surface area contributed by atoms with Crippen LogP contribution in [0.25, 0.3) is 16.7 Å². The zero-order chi connectivity index (χ0) is 16.5. The van der Waals surface area contributed by atoms with Crippen LogP contribution in [0.4, 0.5) is 17.2 Å². The van der Waals surface area contributed by atoms with Gasteiger partial charge in [-0.25, -0.2) is 4.98 Å². The Kier molecular flexibility index (Phi) is 3.31. The van der Waals surface area contributed by atoms with Crippen molar-refractivity contribution >= 4 is 39.8 Å². The zero-order valence-corrected chi connectivity index (χ0v) is 12.9. The third-order valence-electron chi connectivity index (χ3n) is 3.60. The van der Waals surface area contributed by atoms with Gasteiger partial charge in [0.1, 0.15) is 6.33 Å². The maximum absolute atomic E-state index is 11.1. The molecule has 0 fully saturated rings. The van der Waals surface area contributed by atoms with Gasteiger partial charge in [-0.2, -0.15) is 0 Å². The SMILES string of the molecule is CC(=O)Nc1ccc(Nc2nc3ccccc3n3cnnc23)cc1. The molecule has 2 heterocycles. The minimum absolute atomic E-state index is 0.0999. The fourth-order valence-corrected chi connectivity index (χ4v) is 2.57. The molecule has 2 N–H and O–H groups in total. The van der Waals surface area contributed by atoms with E-state index in [1.807, 2.05) is 52.9 Å². The van der Waals surface area contributed by atoms with Gasteiger partial charge in [-0.15, -0.1) is 10.2 Å². The first kappa shape index (κ1) is 14.1. The van der Waals surface area contributed by atoms with Gasteiger partial charge in [-0.05, 0) is 36.4 Å². The molecule has 0 bridgehead atoms. The van der Waals surface area contributed by atoms with Gasteiger partial charge < -0.3 is 10.6 Å². The van der Waals surface area contributed by atoms with E-state index in [0.29, 0.717) is 11.5 Å². The molecule has 7 heteroatoms. The standard InChI is InChI=1S/C17H14N6O/c1-11(24)19-12-6-8-13(9-7-12)20-16-17-22-18-10-23(17)15-5-3-2-4-14(15)21-16/h2-10H,1H3,(H,19,24)(H,20,21). The van der Waals surface area contributed by atoms with Crippen LogP contribution >= 0.6 is 0 Å². The zero-order valence-electron chi connectivity index (χ0n) is 12.9. The van der Waals surface area contributed by atoms with Gasteiger partial charge in [0.05, 0.1) is 11.0 Å². The Morgan fingerprint density at radius 1 is 1.04 bits per heavy atom. The Hall–Kier alpha value is -3.48. The number of carbonyl (C=O) groups excluding carboxylic acids is 1. The molecule has 118 valence electrons. The molecule has 0 unspecified atom stereocenters. The maximum atomic E-state index is 11.1. The summed E-state index contributed by atoms with van der Waals surface area (Å²) >= 11 is 0. The lowest BCUT2D eigenvalue weighted by Crippen LogP contribution is -2.05. The average molecular weight is 318 g/mol. The van der Waals surface area contributed by atoms with Crippen LogP contribution in [0.2, 0.25) is 0 Å². The van der Waals surface area contributed by atoms with Crippen LogP contribution in [-0.2, 0) is 4.79 Å². The number of hydrogen-bond donors (Lipinski definition) is 2. The lowest BCUT2D eigenvalue weighted by molar-refractivity contribution is -0.114. The normalized spacial score (nSPS) is 10.9. The Balaban J connectivity index is 1.73. The van der Waals surface area contributed by atoms with E-state index in [1.54, 1.807) is 6.33 Å². The summed E-state index contributed by atoms with van der Waals surface area (Å²) in [6.45, 7) is 1.48. The van der Waals surface area contributed by atoms with Gasteiger partial charge in [0.2, 0.25) is 11.6 Å². The molecule has 0 atom stereocenters. The third kappa shape index (κ3) is 2.52. The maximum Gasteiger partial charge on any atom is 0.221 e. The van der Waals surface area contributed by atoms with Crippen molar-refractivity contribution < 1.29 is 4.79 Å². The Bertz CT molecular complexity index is 1040. The van der Waals surface area contributed by atoms with E-state index in [4.69, 9.17) is 0 Å². The van der Waals surface area contributed by atoms with Gasteiger partial charge in [0.15, 0.2) is 5.82 Å². The molecule has 0 aliphatic carbocycles. The minimum Gasteiger partial charge on any atom is -0.337 e. The van der Waals surface area contributed by atoms with Crippen molar-refractivity contribution in [2.75, 3.05) is 10.6 Å². The molecule has 2 aromatic carbocycles. The summed E-state index contributed by atoms with van der Waals surface area (Å²) in [6.07, 6.45) is 1.67. The van der Waals surface area contributed by atoms with E-state index >= 15 is 0 Å². The van der Waals surface area contributed by atoms with Crippen molar-refractivity contribution in [3.05, 3.63) is 54.9 Å². The van der Waals surface area contributed by atoms with Crippen molar-refractivity contribution in [2.45, 2.75) is 6.92 Å². The quantitative estimate of drug-likeness (QED) is 0.606. The summed E-state index contributed by atoms with van der Waals surface area (Å²) in [6, 6.07) is 15.2. The molecule has 1 amide bonds. The van der Waals surface area contributed by atoms with Gasteiger partial charge in [0.25, 0.3) is 0 Å². The second kappa shape index (κ2) is 5.62. The molecule has 2 aromatic heterocycles. The minimum atomic E-state index is -0.0999. The lowest BCUT2D eigenvalue weighted by Gasteiger charge is -2.09. The number of hydrogen-bond acceptors (Lipinski definition) is 5. The summed E-state index contributed by atoms with van der Waals surface area (Å²) < 4.78 is 1.90. The molecular weight excluding hydrogens is 304 g/mol. The van der Waals surface area contributed by atoms with Crippen LogP contribution in [0.5, 0.6) is 0 Å². The van der Waals surface area contributed by atoms with Crippen molar-refractivity contribution in [3.63, 3.8) is 0 Å². The molecule has 0 aliphatic rings. The average Bonchev–Trinajstić information content (AvgIpc) is 3.06. The van der Waals surface area contributed by atoms with Crippen molar-refractivity contribution in [1.29, 1.82) is 0 Å². The number of para-hydroxylation sites is 2. The monoisotopic (exact) mass is 318 g/mol. The number of fused-ring (bicyclic) bond motifs is 3. The fraction of sp³-hybridized carbons (Fsp3) is 0.0588. The third-order valence-corrected chi connectivity index (χ3v) is 3.60. The molecule has 0 saturated heterocycles. The first-order chi connectivity index (χ1) is 11.7. The number of carbonyl (C=O) groups is 1. The molecule has 0 aliphatic heterocycles.